The van der Waals surface area contributed by atoms with Crippen LogP contribution in [0.5, 0.6) is 0 Å². The number of rotatable bonds is 5. The minimum atomic E-state index is -5.96. The van der Waals surface area contributed by atoms with Crippen molar-refractivity contribution in [2.45, 2.75) is 75.8 Å². The average Bonchev–Trinajstić information content (AvgIpc) is 2.61. The smallest absolute Gasteiger partial charge is 0.455 e. The van der Waals surface area contributed by atoms with Gasteiger partial charge in [0, 0.05) is 6.42 Å². The quantitative estimate of drug-likeness (QED) is 0.512. The molecule has 0 aromatic heterocycles. The molecule has 0 heterocycles. The monoisotopic (exact) mass is 472 g/mol. The molecule has 4 saturated carbocycles. The number of hydrogen-bond donors (Lipinski definition) is 1. The molecule has 1 aromatic rings. The van der Waals surface area contributed by atoms with E-state index in [2.05, 4.69) is 0 Å². The highest BCUT2D eigenvalue weighted by atomic mass is 32.2. The lowest BCUT2D eigenvalue weighted by Gasteiger charge is -2.60. The fourth-order valence-electron chi connectivity index (χ4n) is 6.20. The lowest BCUT2D eigenvalue weighted by molar-refractivity contribution is -0.228. The van der Waals surface area contributed by atoms with Crippen LogP contribution in [0.15, 0.2) is 12.1 Å². The van der Waals surface area contributed by atoms with Gasteiger partial charge in [-0.2, -0.15) is 17.2 Å². The Hall–Kier alpha value is -2.07. The molecule has 7 nitrogen and oxygen atoms in total. The van der Waals surface area contributed by atoms with Crippen LogP contribution in [0.3, 0.4) is 0 Å². The topological polar surface area (TPSA) is 107 Å². The van der Waals surface area contributed by atoms with Crippen LogP contribution in [0.4, 0.5) is 8.78 Å². The zero-order valence-corrected chi connectivity index (χ0v) is 18.9. The highest BCUT2D eigenvalue weighted by Crippen LogP contribution is 2.60. The highest BCUT2D eigenvalue weighted by Gasteiger charge is 2.64. The third kappa shape index (κ3) is 3.81. The van der Waals surface area contributed by atoms with Gasteiger partial charge in [0.15, 0.2) is 0 Å². The van der Waals surface area contributed by atoms with Gasteiger partial charge in [-0.05, 0) is 87.5 Å². The Morgan fingerprint density at radius 3 is 2.09 bits per heavy atom. The number of halogens is 2. The summed E-state index contributed by atoms with van der Waals surface area (Å²) in [4.78, 5) is 25.2. The van der Waals surface area contributed by atoms with Crippen LogP contribution in [0.2, 0.25) is 0 Å². The van der Waals surface area contributed by atoms with Gasteiger partial charge in [0.05, 0.1) is 5.56 Å². The maximum Gasteiger partial charge on any atom is 0.465 e. The zero-order valence-electron chi connectivity index (χ0n) is 18.1. The standard InChI is InChI=1S/C22H26F2O7S/c1-12-4-13(2)14(3)17(5-12)18(25)30-20-7-15-6-16(8-20)10-21(9-15,11-20)31-19(26)22(23,24)32(27,28)29/h4-5,15-16H,6-11H2,1-3H3,(H,27,28,29). The maximum absolute atomic E-state index is 13.9. The molecule has 4 aliphatic rings. The van der Waals surface area contributed by atoms with Crippen LogP contribution in [-0.4, -0.2) is 41.4 Å². The van der Waals surface area contributed by atoms with Gasteiger partial charge in [0.2, 0.25) is 0 Å². The predicted octanol–water partition coefficient (Wildman–Crippen LogP) is 3.88. The van der Waals surface area contributed by atoms with Gasteiger partial charge in [-0.25, -0.2) is 9.59 Å². The molecule has 2 atom stereocenters. The van der Waals surface area contributed by atoms with E-state index in [0.29, 0.717) is 31.2 Å². The molecule has 176 valence electrons. The highest BCUT2D eigenvalue weighted by molar-refractivity contribution is 7.87. The molecule has 1 N–H and O–H groups in total. The fraction of sp³-hybridized carbons (Fsp3) is 0.636. The van der Waals surface area contributed by atoms with Gasteiger partial charge in [-0.1, -0.05) is 6.07 Å². The molecule has 4 aliphatic carbocycles. The van der Waals surface area contributed by atoms with Crippen molar-refractivity contribution in [3.63, 3.8) is 0 Å². The van der Waals surface area contributed by atoms with Gasteiger partial charge in [0.1, 0.15) is 11.2 Å². The first kappa shape index (κ1) is 23.1. The van der Waals surface area contributed by atoms with E-state index in [1.54, 1.807) is 6.07 Å². The van der Waals surface area contributed by atoms with Crippen LogP contribution < -0.4 is 0 Å². The summed E-state index contributed by atoms with van der Waals surface area (Å²) in [5.74, 6) is -2.82. The van der Waals surface area contributed by atoms with E-state index in [-0.39, 0.29) is 18.3 Å². The van der Waals surface area contributed by atoms with E-state index in [1.165, 1.54) is 0 Å². The summed E-state index contributed by atoms with van der Waals surface area (Å²) in [7, 11) is -5.96. The van der Waals surface area contributed by atoms with Crippen molar-refractivity contribution in [3.05, 3.63) is 34.4 Å². The van der Waals surface area contributed by atoms with Crippen molar-refractivity contribution < 1.29 is 40.8 Å². The van der Waals surface area contributed by atoms with Crippen molar-refractivity contribution in [1.29, 1.82) is 0 Å². The fourth-order valence-corrected chi connectivity index (χ4v) is 6.45. The third-order valence-corrected chi connectivity index (χ3v) is 7.98. The van der Waals surface area contributed by atoms with Crippen molar-refractivity contribution in [1.82, 2.24) is 0 Å². The molecule has 4 bridgehead atoms. The first-order valence-electron chi connectivity index (χ1n) is 10.5. The molecular formula is C22H26F2O7S. The van der Waals surface area contributed by atoms with Crippen molar-refractivity contribution in [3.8, 4) is 0 Å². The molecule has 5 rings (SSSR count). The van der Waals surface area contributed by atoms with Crippen LogP contribution >= 0.6 is 0 Å². The molecule has 2 unspecified atom stereocenters. The number of carbonyl (C=O) groups excluding carboxylic acids is 2. The first-order valence-corrected chi connectivity index (χ1v) is 12.0. The first-order chi connectivity index (χ1) is 14.7. The molecule has 0 saturated heterocycles. The summed E-state index contributed by atoms with van der Waals surface area (Å²) in [6.45, 7) is 5.59. The minimum absolute atomic E-state index is 0.00320. The minimum Gasteiger partial charge on any atom is -0.455 e. The van der Waals surface area contributed by atoms with Crippen molar-refractivity contribution >= 4 is 22.1 Å². The van der Waals surface area contributed by atoms with E-state index < -0.39 is 38.5 Å². The van der Waals surface area contributed by atoms with Crippen molar-refractivity contribution in [2.24, 2.45) is 11.8 Å². The summed E-state index contributed by atoms with van der Waals surface area (Å²) < 4.78 is 69.5. The number of esters is 2. The lowest BCUT2D eigenvalue weighted by atomic mass is 9.52. The van der Waals surface area contributed by atoms with Crippen LogP contribution in [0.1, 0.15) is 65.6 Å². The molecule has 1 aromatic carbocycles. The molecule has 32 heavy (non-hydrogen) atoms. The Balaban J connectivity index is 1.60. The maximum atomic E-state index is 13.9. The van der Waals surface area contributed by atoms with Gasteiger partial charge < -0.3 is 9.47 Å². The van der Waals surface area contributed by atoms with Gasteiger partial charge in [-0.3, -0.25) is 4.55 Å². The number of aryl methyl sites for hydroxylation is 2. The van der Waals surface area contributed by atoms with E-state index in [4.69, 9.17) is 14.0 Å². The summed E-state index contributed by atoms with van der Waals surface area (Å²) in [5, 5.41) is -5.06. The Labute approximate surface area is 185 Å². The van der Waals surface area contributed by atoms with Crippen LogP contribution in [0, 0.1) is 32.6 Å². The second-order valence-electron chi connectivity index (χ2n) is 9.85. The largest absolute Gasteiger partial charge is 0.465 e. The number of ether oxygens (including phenoxy) is 2. The van der Waals surface area contributed by atoms with Crippen LogP contribution in [0.25, 0.3) is 0 Å². The normalized spacial score (nSPS) is 31.4. The summed E-state index contributed by atoms with van der Waals surface area (Å²) in [6.07, 6.45) is 2.48. The SMILES string of the molecule is Cc1cc(C)c(C)c(C(=O)OC23CC4CC(C2)CC(OC(=O)C(F)(F)S(=O)(=O)O)(C4)C3)c1. The third-order valence-electron chi connectivity index (χ3n) is 7.17. The van der Waals surface area contributed by atoms with E-state index in [0.717, 1.165) is 23.1 Å². The molecule has 0 aliphatic heterocycles. The zero-order chi connectivity index (χ0) is 23.7. The number of benzene rings is 1. The van der Waals surface area contributed by atoms with Gasteiger partial charge in [-0.15, -0.1) is 0 Å². The number of carbonyl (C=O) groups is 2. The molecule has 0 spiro atoms. The van der Waals surface area contributed by atoms with Gasteiger partial charge in [0.25, 0.3) is 0 Å². The summed E-state index contributed by atoms with van der Waals surface area (Å²) in [6, 6.07) is 3.70. The van der Waals surface area contributed by atoms with E-state index >= 15 is 0 Å². The van der Waals surface area contributed by atoms with E-state index in [1.807, 2.05) is 26.8 Å². The van der Waals surface area contributed by atoms with Crippen LogP contribution in [-0.2, 0) is 24.4 Å². The lowest BCUT2D eigenvalue weighted by Crippen LogP contribution is -2.62. The number of alkyl halides is 2. The molecule has 0 radical (unpaired) electrons. The molecular weight excluding hydrogens is 446 g/mol. The second-order valence-corrected chi connectivity index (χ2v) is 11.3. The Morgan fingerprint density at radius 1 is 1.03 bits per heavy atom. The molecule has 10 heteroatoms. The Bertz CT molecular complexity index is 1080. The van der Waals surface area contributed by atoms with Crippen molar-refractivity contribution in [2.75, 3.05) is 0 Å². The molecule has 4 fully saturated rings. The van der Waals surface area contributed by atoms with E-state index in [9.17, 15) is 26.8 Å². The predicted molar refractivity (Wildman–Crippen MR) is 109 cm³/mol. The Kier molecular flexibility index (Phi) is 5.21. The Morgan fingerprint density at radius 2 is 1.56 bits per heavy atom. The second kappa shape index (κ2) is 7.21. The molecule has 0 amide bonds. The number of hydrogen-bond acceptors (Lipinski definition) is 6. The summed E-state index contributed by atoms with van der Waals surface area (Å²) >= 11 is 0. The summed E-state index contributed by atoms with van der Waals surface area (Å²) in [5.41, 5.74) is 0.747. The van der Waals surface area contributed by atoms with Gasteiger partial charge >= 0.3 is 27.3 Å². The average molecular weight is 473 g/mol.